The number of rotatable bonds is 4. The van der Waals surface area contributed by atoms with E-state index >= 15 is 0 Å². The van der Waals surface area contributed by atoms with Crippen LogP contribution in [0.25, 0.3) is 0 Å². The first kappa shape index (κ1) is 10.3. The summed E-state index contributed by atoms with van der Waals surface area (Å²) in [4.78, 5) is 0. The zero-order valence-corrected chi connectivity index (χ0v) is 9.81. The standard InChI is InChI=1S/C15H21N/c16-14(15-12-7-4-8-13(12)15)10-9-11-5-2-1-3-6-11/h1-3,5-6,12-15H,4,7-10,16H2. The molecule has 1 aromatic rings. The third kappa shape index (κ3) is 1.89. The molecule has 86 valence electrons. The molecule has 0 bridgehead atoms. The van der Waals surface area contributed by atoms with Crippen molar-refractivity contribution in [1.29, 1.82) is 0 Å². The average Bonchev–Trinajstić information content (AvgIpc) is 2.81. The lowest BCUT2D eigenvalue weighted by atomic mass is 9.98. The van der Waals surface area contributed by atoms with Crippen LogP contribution in [0.4, 0.5) is 0 Å². The van der Waals surface area contributed by atoms with Gasteiger partial charge in [0, 0.05) is 6.04 Å². The molecule has 16 heavy (non-hydrogen) atoms. The summed E-state index contributed by atoms with van der Waals surface area (Å²) < 4.78 is 0. The zero-order chi connectivity index (χ0) is 11.0. The first-order valence-electron chi connectivity index (χ1n) is 6.66. The van der Waals surface area contributed by atoms with E-state index in [-0.39, 0.29) is 0 Å². The van der Waals surface area contributed by atoms with E-state index in [4.69, 9.17) is 5.73 Å². The van der Waals surface area contributed by atoms with Crippen LogP contribution in [0.2, 0.25) is 0 Å². The molecule has 0 heterocycles. The van der Waals surface area contributed by atoms with Crippen LogP contribution < -0.4 is 5.73 Å². The highest BCUT2D eigenvalue weighted by Gasteiger charge is 2.54. The average molecular weight is 215 g/mol. The second-order valence-corrected chi connectivity index (χ2v) is 5.52. The van der Waals surface area contributed by atoms with E-state index < -0.39 is 0 Å². The summed E-state index contributed by atoms with van der Waals surface area (Å²) in [5, 5.41) is 0. The summed E-state index contributed by atoms with van der Waals surface area (Å²) in [6.07, 6.45) is 6.68. The molecule has 2 saturated carbocycles. The van der Waals surface area contributed by atoms with Gasteiger partial charge in [-0.15, -0.1) is 0 Å². The lowest BCUT2D eigenvalue weighted by molar-refractivity contribution is 0.463. The van der Waals surface area contributed by atoms with Gasteiger partial charge < -0.3 is 5.73 Å². The fourth-order valence-electron chi connectivity index (χ4n) is 3.68. The van der Waals surface area contributed by atoms with Gasteiger partial charge >= 0.3 is 0 Å². The molecule has 3 rings (SSSR count). The molecule has 2 aliphatic rings. The second kappa shape index (κ2) is 4.21. The summed E-state index contributed by atoms with van der Waals surface area (Å²) in [6.45, 7) is 0. The van der Waals surface area contributed by atoms with Crippen LogP contribution in [0, 0.1) is 17.8 Å². The van der Waals surface area contributed by atoms with Crippen molar-refractivity contribution in [3.05, 3.63) is 35.9 Å². The van der Waals surface area contributed by atoms with Crippen LogP contribution in [0.15, 0.2) is 30.3 Å². The molecule has 0 amide bonds. The molecule has 0 aromatic heterocycles. The molecule has 2 N–H and O–H groups in total. The van der Waals surface area contributed by atoms with Gasteiger partial charge in [-0.05, 0) is 49.0 Å². The van der Waals surface area contributed by atoms with Gasteiger partial charge in [-0.1, -0.05) is 36.8 Å². The fourth-order valence-corrected chi connectivity index (χ4v) is 3.68. The van der Waals surface area contributed by atoms with Crippen LogP contribution in [-0.2, 0) is 6.42 Å². The van der Waals surface area contributed by atoms with Gasteiger partial charge in [0.05, 0.1) is 0 Å². The Balaban J connectivity index is 1.49. The Morgan fingerprint density at radius 2 is 1.81 bits per heavy atom. The summed E-state index contributed by atoms with van der Waals surface area (Å²) in [5.74, 6) is 2.88. The zero-order valence-electron chi connectivity index (χ0n) is 9.81. The maximum Gasteiger partial charge on any atom is 0.00758 e. The van der Waals surface area contributed by atoms with E-state index in [1.54, 1.807) is 0 Å². The fraction of sp³-hybridized carbons (Fsp3) is 0.600. The first-order chi connectivity index (χ1) is 7.86. The van der Waals surface area contributed by atoms with Crippen molar-refractivity contribution in [1.82, 2.24) is 0 Å². The van der Waals surface area contributed by atoms with Crippen LogP contribution in [-0.4, -0.2) is 6.04 Å². The normalized spacial score (nSPS) is 33.4. The Labute approximate surface area is 98.0 Å². The highest BCUT2D eigenvalue weighted by molar-refractivity contribution is 5.15. The maximum absolute atomic E-state index is 6.32. The molecule has 0 radical (unpaired) electrons. The van der Waals surface area contributed by atoms with Gasteiger partial charge in [0.1, 0.15) is 0 Å². The predicted octanol–water partition coefficient (Wildman–Crippen LogP) is 2.99. The van der Waals surface area contributed by atoms with Crippen molar-refractivity contribution in [2.45, 2.75) is 38.1 Å². The molecule has 0 spiro atoms. The molecule has 1 nitrogen and oxygen atoms in total. The van der Waals surface area contributed by atoms with Crippen LogP contribution in [0.3, 0.4) is 0 Å². The van der Waals surface area contributed by atoms with Gasteiger partial charge in [-0.2, -0.15) is 0 Å². The largest absolute Gasteiger partial charge is 0.327 e. The highest BCUT2D eigenvalue weighted by atomic mass is 14.7. The van der Waals surface area contributed by atoms with Gasteiger partial charge in [0.2, 0.25) is 0 Å². The summed E-state index contributed by atoms with van der Waals surface area (Å²) in [6, 6.07) is 11.2. The van der Waals surface area contributed by atoms with Gasteiger partial charge in [-0.3, -0.25) is 0 Å². The van der Waals surface area contributed by atoms with E-state index in [9.17, 15) is 0 Å². The van der Waals surface area contributed by atoms with Crippen molar-refractivity contribution in [2.75, 3.05) is 0 Å². The summed E-state index contributed by atoms with van der Waals surface area (Å²) >= 11 is 0. The molecule has 0 saturated heterocycles. The number of fused-ring (bicyclic) bond motifs is 1. The number of nitrogens with two attached hydrogens (primary N) is 1. The number of benzene rings is 1. The first-order valence-corrected chi connectivity index (χ1v) is 6.66. The Bertz CT molecular complexity index is 336. The smallest absolute Gasteiger partial charge is 0.00758 e. The third-order valence-electron chi connectivity index (χ3n) is 4.58. The molecular weight excluding hydrogens is 194 g/mol. The molecule has 1 aromatic carbocycles. The molecular formula is C15H21N. The quantitative estimate of drug-likeness (QED) is 0.821. The van der Waals surface area contributed by atoms with Crippen molar-refractivity contribution in [3.8, 4) is 0 Å². The minimum atomic E-state index is 0.454. The van der Waals surface area contributed by atoms with Crippen molar-refractivity contribution in [2.24, 2.45) is 23.5 Å². The molecule has 2 aliphatic carbocycles. The van der Waals surface area contributed by atoms with Crippen molar-refractivity contribution in [3.63, 3.8) is 0 Å². The highest BCUT2D eigenvalue weighted by Crippen LogP contribution is 2.59. The third-order valence-corrected chi connectivity index (χ3v) is 4.58. The number of aryl methyl sites for hydroxylation is 1. The minimum Gasteiger partial charge on any atom is -0.327 e. The molecule has 2 fully saturated rings. The van der Waals surface area contributed by atoms with E-state index in [1.165, 1.54) is 31.2 Å². The van der Waals surface area contributed by atoms with Crippen molar-refractivity contribution < 1.29 is 0 Å². The van der Waals surface area contributed by atoms with Crippen LogP contribution in [0.1, 0.15) is 31.2 Å². The SMILES string of the molecule is NC(CCc1ccccc1)C1C2CCCC21. The van der Waals surface area contributed by atoms with E-state index in [0.717, 1.165) is 24.2 Å². The van der Waals surface area contributed by atoms with Crippen LogP contribution in [0.5, 0.6) is 0 Å². The Kier molecular flexibility index (Phi) is 2.72. The topological polar surface area (TPSA) is 26.0 Å². The number of hydrogen-bond acceptors (Lipinski definition) is 1. The van der Waals surface area contributed by atoms with E-state index in [1.807, 2.05) is 0 Å². The van der Waals surface area contributed by atoms with Crippen LogP contribution >= 0.6 is 0 Å². The van der Waals surface area contributed by atoms with E-state index in [2.05, 4.69) is 30.3 Å². The number of hydrogen-bond donors (Lipinski definition) is 1. The van der Waals surface area contributed by atoms with Crippen molar-refractivity contribution >= 4 is 0 Å². The summed E-state index contributed by atoms with van der Waals surface area (Å²) in [7, 11) is 0. The van der Waals surface area contributed by atoms with E-state index in [0.29, 0.717) is 6.04 Å². The summed E-state index contributed by atoms with van der Waals surface area (Å²) in [5.41, 5.74) is 7.75. The van der Waals surface area contributed by atoms with Gasteiger partial charge in [-0.25, -0.2) is 0 Å². The lowest BCUT2D eigenvalue weighted by Crippen LogP contribution is -2.25. The minimum absolute atomic E-state index is 0.454. The Morgan fingerprint density at radius 1 is 1.12 bits per heavy atom. The molecule has 3 atom stereocenters. The lowest BCUT2D eigenvalue weighted by Gasteiger charge is -2.13. The molecule has 0 aliphatic heterocycles. The predicted molar refractivity (Wildman–Crippen MR) is 67.1 cm³/mol. The Hall–Kier alpha value is -0.820. The Morgan fingerprint density at radius 3 is 2.50 bits per heavy atom. The second-order valence-electron chi connectivity index (χ2n) is 5.52. The maximum atomic E-state index is 6.32. The van der Waals surface area contributed by atoms with Gasteiger partial charge in [0.25, 0.3) is 0 Å². The van der Waals surface area contributed by atoms with Gasteiger partial charge in [0.15, 0.2) is 0 Å². The molecule has 3 unspecified atom stereocenters. The molecule has 1 heteroatoms. The monoisotopic (exact) mass is 215 g/mol.